The van der Waals surface area contributed by atoms with Crippen LogP contribution in [0, 0.1) is 0 Å². The van der Waals surface area contributed by atoms with Crippen molar-refractivity contribution < 1.29 is 53.5 Å². The zero-order chi connectivity index (χ0) is 7.11. The van der Waals surface area contributed by atoms with Crippen molar-refractivity contribution in [2.24, 2.45) is 0 Å². The van der Waals surface area contributed by atoms with Gasteiger partial charge >= 0.3 is 49.7 Å². The summed E-state index contributed by atoms with van der Waals surface area (Å²) in [6.45, 7) is 4.50. The van der Waals surface area contributed by atoms with Crippen molar-refractivity contribution in [3.63, 3.8) is 0 Å². The third-order valence-electron chi connectivity index (χ3n) is 0.924. The molecule has 4 heteroatoms. The smallest absolute Gasteiger partial charge is 0.281 e. The molecule has 0 bridgehead atoms. The first-order valence-corrected chi connectivity index (χ1v) is 3.98. The standard InChI is InChI=1S/C5H5.CO.CH3.2BrH.Co/c1-2-4-5-3-1;1-2;;;;/h1-3H,4H2;;1H3;2*1H;/q;;;;;+2/p-2. The summed E-state index contributed by atoms with van der Waals surface area (Å²) in [7, 11) is 0. The summed E-state index contributed by atoms with van der Waals surface area (Å²) in [5.74, 6) is 2.16. The first-order chi connectivity index (χ1) is 4.43. The normalized spacial score (nSPS) is 11.5. The van der Waals surface area contributed by atoms with E-state index < -0.39 is 0 Å². The van der Waals surface area contributed by atoms with E-state index in [1.165, 1.54) is 25.6 Å². The molecular weight excluding hydrogens is 319 g/mol. The fourth-order valence-corrected chi connectivity index (χ4v) is 1.14. The number of carbonyl (C=O) groups excluding carboxylic acids is 1. The van der Waals surface area contributed by atoms with Crippen LogP contribution < -0.4 is 34.0 Å². The molecule has 0 aliphatic heterocycles. The van der Waals surface area contributed by atoms with Gasteiger partial charge in [-0.15, -0.1) is 0 Å². The van der Waals surface area contributed by atoms with Crippen molar-refractivity contribution in [1.29, 1.82) is 0 Å². The molecule has 0 aromatic rings. The first kappa shape index (κ1) is 17.6. The molecule has 0 spiro atoms. The Kier molecular flexibility index (Phi) is 21.2. The van der Waals surface area contributed by atoms with Crippen LogP contribution in [0.3, 0.4) is 0 Å². The number of allylic oxidation sites excluding steroid dienone is 4. The molecule has 0 atom stereocenters. The molecule has 1 nitrogen and oxygen atoms in total. The van der Waals surface area contributed by atoms with Crippen LogP contribution in [0.25, 0.3) is 0 Å². The minimum absolute atomic E-state index is 0. The molecule has 1 aliphatic carbocycles. The van der Waals surface area contributed by atoms with Gasteiger partial charge in [0.2, 0.25) is 0 Å². The summed E-state index contributed by atoms with van der Waals surface area (Å²) in [5.41, 5.74) is 0. The topological polar surface area (TPSA) is 17.1 Å². The maximum Gasteiger partial charge on any atom is 0.281 e. The van der Waals surface area contributed by atoms with E-state index in [0.717, 1.165) is 0 Å². The summed E-state index contributed by atoms with van der Waals surface area (Å²) in [6.07, 6.45) is 7.66. The SMILES string of the molecule is [Br-].[Br-].[CH3][Co+2][C]1=CC=CC1.[C]=O. The third-order valence-corrected chi connectivity index (χ3v) is 1.98. The fraction of sp³-hybridized carbons (Fsp3) is 0.286. The van der Waals surface area contributed by atoms with E-state index in [9.17, 15) is 0 Å². The van der Waals surface area contributed by atoms with E-state index in [4.69, 9.17) is 4.79 Å². The summed E-state index contributed by atoms with van der Waals surface area (Å²) < 4.78 is 1.52. The molecule has 0 heterocycles. The molecule has 1 aliphatic rings. The van der Waals surface area contributed by atoms with Gasteiger partial charge in [-0.05, 0) is 0 Å². The molecule has 11 heavy (non-hydrogen) atoms. The maximum absolute atomic E-state index is 7.50. The molecule has 0 unspecified atom stereocenters. The molecule has 0 fully saturated rings. The van der Waals surface area contributed by atoms with E-state index in [1.54, 1.807) is 0 Å². The van der Waals surface area contributed by atoms with E-state index in [0.29, 0.717) is 0 Å². The third kappa shape index (κ3) is 8.52. The van der Waals surface area contributed by atoms with Crippen LogP contribution in [0.4, 0.5) is 0 Å². The van der Waals surface area contributed by atoms with E-state index in [1.807, 2.05) is 0 Å². The monoisotopic (exact) mass is 325 g/mol. The van der Waals surface area contributed by atoms with Gasteiger partial charge in [0, 0.05) is 0 Å². The molecule has 0 aromatic carbocycles. The van der Waals surface area contributed by atoms with Crippen LogP contribution in [0.5, 0.6) is 0 Å². The van der Waals surface area contributed by atoms with Crippen LogP contribution in [-0.2, 0) is 19.5 Å². The largest absolute Gasteiger partial charge is 0.281 e. The minimum Gasteiger partial charge on any atom is -0.281 e. The Morgan fingerprint density at radius 1 is 1.45 bits per heavy atom. The summed E-state index contributed by atoms with van der Waals surface area (Å²) in [6, 6.07) is 0. The van der Waals surface area contributed by atoms with Gasteiger partial charge in [-0.3, -0.25) is 4.79 Å². The summed E-state index contributed by atoms with van der Waals surface area (Å²) in [4.78, 5) is 7.50. The maximum atomic E-state index is 7.50. The summed E-state index contributed by atoms with van der Waals surface area (Å²) >= 11 is 1.45. The van der Waals surface area contributed by atoms with Gasteiger partial charge in [-0.1, -0.05) is 0 Å². The summed E-state index contributed by atoms with van der Waals surface area (Å²) in [5, 5.41) is 0. The van der Waals surface area contributed by atoms with Crippen LogP contribution in [0.15, 0.2) is 22.7 Å². The average Bonchev–Trinajstić information content (AvgIpc) is 2.43. The second-order valence-electron chi connectivity index (χ2n) is 1.38. The molecule has 65 valence electrons. The van der Waals surface area contributed by atoms with Crippen LogP contribution in [0.2, 0.25) is 5.86 Å². The molecular formula is C7H8Br2CoO. The Labute approximate surface area is 94.8 Å². The Bertz CT molecular complexity index is 134. The van der Waals surface area contributed by atoms with Crippen molar-refractivity contribution in [1.82, 2.24) is 0 Å². The Morgan fingerprint density at radius 3 is 2.18 bits per heavy atom. The number of hydrogen-bond donors (Lipinski definition) is 0. The number of hydrogen-bond acceptors (Lipinski definition) is 1. The van der Waals surface area contributed by atoms with E-state index in [2.05, 4.69) is 30.9 Å². The molecule has 0 amide bonds. The predicted octanol–water partition coefficient (Wildman–Crippen LogP) is -4.43. The van der Waals surface area contributed by atoms with Gasteiger partial charge in [-0.2, -0.15) is 0 Å². The predicted molar refractivity (Wildman–Crippen MR) is 33.4 cm³/mol. The van der Waals surface area contributed by atoms with Crippen molar-refractivity contribution in [2.45, 2.75) is 12.3 Å². The number of halogens is 2. The molecule has 1 rings (SSSR count). The van der Waals surface area contributed by atoms with Crippen molar-refractivity contribution >= 4 is 6.79 Å². The molecule has 0 saturated heterocycles. The van der Waals surface area contributed by atoms with Crippen molar-refractivity contribution in [2.75, 3.05) is 0 Å². The van der Waals surface area contributed by atoms with Gasteiger partial charge in [0.1, 0.15) is 0 Å². The molecule has 2 radical (unpaired) electrons. The Morgan fingerprint density at radius 2 is 2.00 bits per heavy atom. The van der Waals surface area contributed by atoms with Crippen LogP contribution >= 0.6 is 0 Å². The quantitative estimate of drug-likeness (QED) is 0.475. The van der Waals surface area contributed by atoms with Gasteiger partial charge in [-0.25, -0.2) is 0 Å². The van der Waals surface area contributed by atoms with Gasteiger partial charge < -0.3 is 34.0 Å². The van der Waals surface area contributed by atoms with Crippen molar-refractivity contribution in [3.05, 3.63) is 22.7 Å². The van der Waals surface area contributed by atoms with Crippen molar-refractivity contribution in [3.8, 4) is 0 Å². The average molecular weight is 327 g/mol. The first-order valence-electron chi connectivity index (χ1n) is 2.42. The van der Waals surface area contributed by atoms with E-state index >= 15 is 0 Å². The van der Waals surface area contributed by atoms with Gasteiger partial charge in [0.15, 0.2) is 0 Å². The second-order valence-corrected chi connectivity index (χ2v) is 2.57. The zero-order valence-corrected chi connectivity index (χ0v) is 10.1. The van der Waals surface area contributed by atoms with E-state index in [-0.39, 0.29) is 34.0 Å². The van der Waals surface area contributed by atoms with Gasteiger partial charge in [0.05, 0.1) is 0 Å². The molecule has 0 aromatic heterocycles. The molecule has 0 saturated carbocycles. The fourth-order valence-electron chi connectivity index (χ4n) is 0.535. The minimum atomic E-state index is 0. The van der Waals surface area contributed by atoms with Gasteiger partial charge in [0.25, 0.3) is 6.79 Å². The zero-order valence-electron chi connectivity index (χ0n) is 5.94. The van der Waals surface area contributed by atoms with Crippen LogP contribution in [0.1, 0.15) is 6.42 Å². The Hall–Kier alpha value is 0.616. The second kappa shape index (κ2) is 13.2. The van der Waals surface area contributed by atoms with Crippen LogP contribution in [-0.4, -0.2) is 6.79 Å². The number of rotatable bonds is 1. The Balaban J connectivity index is -0.000000149. The molecule has 0 N–H and O–H groups in total.